The van der Waals surface area contributed by atoms with Gasteiger partial charge in [0.15, 0.2) is 0 Å². The van der Waals surface area contributed by atoms with Crippen LogP contribution < -0.4 is 5.32 Å². The monoisotopic (exact) mass is 243 g/mol. The molecule has 1 fully saturated rings. The van der Waals surface area contributed by atoms with Crippen LogP contribution >= 0.6 is 0 Å². The van der Waals surface area contributed by atoms with Gasteiger partial charge in [-0.05, 0) is 47.1 Å². The van der Waals surface area contributed by atoms with E-state index in [0.717, 1.165) is 39.1 Å². The number of hydrogen-bond donors (Lipinski definition) is 1. The van der Waals surface area contributed by atoms with Crippen molar-refractivity contribution in [3.05, 3.63) is 0 Å². The maximum absolute atomic E-state index is 5.86. The fourth-order valence-electron chi connectivity index (χ4n) is 2.40. The minimum Gasteiger partial charge on any atom is -0.378 e. The quantitative estimate of drug-likeness (QED) is 0.778. The summed E-state index contributed by atoms with van der Waals surface area (Å²) in [6.07, 6.45) is 2.57. The van der Waals surface area contributed by atoms with Gasteiger partial charge in [-0.1, -0.05) is 6.92 Å². The Morgan fingerprint density at radius 2 is 2.12 bits per heavy atom. The molecule has 1 aliphatic heterocycles. The lowest BCUT2D eigenvalue weighted by Crippen LogP contribution is -2.41. The van der Waals surface area contributed by atoms with E-state index in [0.29, 0.717) is 6.10 Å². The van der Waals surface area contributed by atoms with Crippen molar-refractivity contribution in [2.24, 2.45) is 5.41 Å². The lowest BCUT2D eigenvalue weighted by molar-refractivity contribution is -0.0296. The molecular formula is C14H29NO2. The number of rotatable bonds is 6. The smallest absolute Gasteiger partial charge is 0.0617 e. The molecule has 0 aliphatic carbocycles. The minimum absolute atomic E-state index is 0.0396. The molecule has 1 aliphatic rings. The van der Waals surface area contributed by atoms with Crippen LogP contribution in [-0.2, 0) is 9.47 Å². The Bertz CT molecular complexity index is 225. The summed E-state index contributed by atoms with van der Waals surface area (Å²) in [5.74, 6) is 0. The Kier molecular flexibility index (Phi) is 5.42. The van der Waals surface area contributed by atoms with Crippen molar-refractivity contribution in [3.8, 4) is 0 Å². The predicted octanol–water partition coefficient (Wildman–Crippen LogP) is 2.60. The van der Waals surface area contributed by atoms with Crippen molar-refractivity contribution in [3.63, 3.8) is 0 Å². The second kappa shape index (κ2) is 6.17. The normalized spacial score (nSPS) is 29.8. The molecule has 17 heavy (non-hydrogen) atoms. The van der Waals surface area contributed by atoms with Gasteiger partial charge in [-0.15, -0.1) is 0 Å². The lowest BCUT2D eigenvalue weighted by atomic mass is 9.78. The van der Waals surface area contributed by atoms with Crippen LogP contribution in [0.15, 0.2) is 0 Å². The van der Waals surface area contributed by atoms with Gasteiger partial charge in [0.05, 0.1) is 11.7 Å². The van der Waals surface area contributed by atoms with Crippen molar-refractivity contribution in [1.82, 2.24) is 5.32 Å². The van der Waals surface area contributed by atoms with Crippen molar-refractivity contribution < 1.29 is 9.47 Å². The van der Waals surface area contributed by atoms with E-state index in [1.807, 2.05) is 0 Å². The van der Waals surface area contributed by atoms with Crippen LogP contribution in [-0.4, -0.2) is 38.0 Å². The molecule has 1 saturated heterocycles. The molecule has 0 bridgehead atoms. The zero-order valence-electron chi connectivity index (χ0n) is 12.1. The topological polar surface area (TPSA) is 30.5 Å². The Labute approximate surface area is 106 Å². The molecule has 1 rings (SSSR count). The zero-order chi connectivity index (χ0) is 12.9. The first kappa shape index (κ1) is 14.9. The molecule has 2 unspecified atom stereocenters. The summed E-state index contributed by atoms with van der Waals surface area (Å²) in [5, 5.41) is 3.47. The lowest BCUT2D eigenvalue weighted by Gasteiger charge is -2.33. The zero-order valence-corrected chi connectivity index (χ0v) is 12.1. The first-order valence-electron chi connectivity index (χ1n) is 6.86. The first-order valence-corrected chi connectivity index (χ1v) is 6.86. The molecule has 0 spiro atoms. The van der Waals surface area contributed by atoms with E-state index in [4.69, 9.17) is 9.47 Å². The molecule has 0 aromatic carbocycles. The molecule has 1 N–H and O–H groups in total. The van der Waals surface area contributed by atoms with Gasteiger partial charge in [-0.2, -0.15) is 0 Å². The summed E-state index contributed by atoms with van der Waals surface area (Å²) < 4.78 is 11.6. The van der Waals surface area contributed by atoms with E-state index in [-0.39, 0.29) is 11.0 Å². The highest BCUT2D eigenvalue weighted by atomic mass is 16.5. The van der Waals surface area contributed by atoms with Gasteiger partial charge in [0.1, 0.15) is 0 Å². The molecule has 0 amide bonds. The number of nitrogens with one attached hydrogen (secondary N) is 1. The van der Waals surface area contributed by atoms with Gasteiger partial charge in [-0.25, -0.2) is 0 Å². The highest BCUT2D eigenvalue weighted by molar-refractivity contribution is 4.91. The largest absolute Gasteiger partial charge is 0.378 e. The van der Waals surface area contributed by atoms with E-state index in [1.165, 1.54) is 0 Å². The summed E-state index contributed by atoms with van der Waals surface area (Å²) in [4.78, 5) is 0. The van der Waals surface area contributed by atoms with E-state index >= 15 is 0 Å². The van der Waals surface area contributed by atoms with Crippen LogP contribution in [0.1, 0.15) is 47.5 Å². The molecule has 3 nitrogen and oxygen atoms in total. The molecule has 1 heterocycles. The maximum Gasteiger partial charge on any atom is 0.0617 e. The van der Waals surface area contributed by atoms with Crippen molar-refractivity contribution in [2.45, 2.75) is 59.2 Å². The fourth-order valence-corrected chi connectivity index (χ4v) is 2.40. The van der Waals surface area contributed by atoms with Crippen LogP contribution in [0.2, 0.25) is 0 Å². The summed E-state index contributed by atoms with van der Waals surface area (Å²) in [6.45, 7) is 14.5. The fraction of sp³-hybridized carbons (Fsp3) is 1.00. The Morgan fingerprint density at radius 1 is 1.41 bits per heavy atom. The molecule has 0 aromatic rings. The van der Waals surface area contributed by atoms with Gasteiger partial charge >= 0.3 is 0 Å². The highest BCUT2D eigenvalue weighted by Crippen LogP contribution is 2.38. The second-order valence-corrected chi connectivity index (χ2v) is 6.12. The van der Waals surface area contributed by atoms with Gasteiger partial charge in [0, 0.05) is 25.2 Å². The molecule has 0 radical (unpaired) electrons. The maximum atomic E-state index is 5.86. The van der Waals surface area contributed by atoms with Gasteiger partial charge in [0.25, 0.3) is 0 Å². The molecular weight excluding hydrogens is 214 g/mol. The van der Waals surface area contributed by atoms with Crippen LogP contribution in [0, 0.1) is 5.41 Å². The minimum atomic E-state index is -0.0396. The summed E-state index contributed by atoms with van der Waals surface area (Å²) in [6, 6.07) is 0. The van der Waals surface area contributed by atoms with E-state index in [1.54, 1.807) is 0 Å². The first-order chi connectivity index (χ1) is 7.90. The highest BCUT2D eigenvalue weighted by Gasteiger charge is 2.40. The van der Waals surface area contributed by atoms with E-state index in [9.17, 15) is 0 Å². The molecule has 102 valence electrons. The number of ether oxygens (including phenoxy) is 2. The van der Waals surface area contributed by atoms with E-state index in [2.05, 4.69) is 39.9 Å². The van der Waals surface area contributed by atoms with Crippen molar-refractivity contribution in [1.29, 1.82) is 0 Å². The van der Waals surface area contributed by atoms with E-state index < -0.39 is 0 Å². The third-order valence-electron chi connectivity index (χ3n) is 3.69. The average molecular weight is 243 g/mol. The third kappa shape index (κ3) is 4.57. The summed E-state index contributed by atoms with van der Waals surface area (Å²) in [7, 11) is 0. The molecule has 3 heteroatoms. The van der Waals surface area contributed by atoms with Crippen molar-refractivity contribution >= 4 is 0 Å². The molecule has 2 atom stereocenters. The Hall–Kier alpha value is -0.120. The molecule has 0 saturated carbocycles. The Balaban J connectivity index is 2.47. The van der Waals surface area contributed by atoms with Crippen LogP contribution in [0.25, 0.3) is 0 Å². The Morgan fingerprint density at radius 3 is 2.59 bits per heavy atom. The van der Waals surface area contributed by atoms with Crippen molar-refractivity contribution in [2.75, 3.05) is 26.3 Å². The molecule has 0 aromatic heterocycles. The van der Waals surface area contributed by atoms with Gasteiger partial charge < -0.3 is 14.8 Å². The predicted molar refractivity (Wildman–Crippen MR) is 71.3 cm³/mol. The third-order valence-corrected chi connectivity index (χ3v) is 3.69. The second-order valence-electron chi connectivity index (χ2n) is 6.12. The average Bonchev–Trinajstić information content (AvgIpc) is 2.56. The SMILES string of the molecule is CCNCC1(CCOC(C)(C)C)CCOC1C. The summed E-state index contributed by atoms with van der Waals surface area (Å²) in [5.41, 5.74) is 0.226. The van der Waals surface area contributed by atoms with Gasteiger partial charge in [-0.3, -0.25) is 0 Å². The number of hydrogen-bond acceptors (Lipinski definition) is 3. The van der Waals surface area contributed by atoms with Crippen LogP contribution in [0.3, 0.4) is 0 Å². The van der Waals surface area contributed by atoms with Gasteiger partial charge in [0.2, 0.25) is 0 Å². The summed E-state index contributed by atoms with van der Waals surface area (Å²) >= 11 is 0. The van der Waals surface area contributed by atoms with Crippen LogP contribution in [0.5, 0.6) is 0 Å². The standard InChI is InChI=1S/C14H29NO2/c1-6-15-11-14(7-9-16-12(14)2)8-10-17-13(3,4)5/h12,15H,6-11H2,1-5H3. The van der Waals surface area contributed by atoms with Crippen LogP contribution in [0.4, 0.5) is 0 Å².